The Hall–Kier alpha value is -4.39. The van der Waals surface area contributed by atoms with Gasteiger partial charge in [-0.2, -0.15) is 5.26 Å². The number of likely N-dealkylation sites (N-methyl/N-ethyl adjacent to an activating group) is 1. The number of pyridine rings is 1. The summed E-state index contributed by atoms with van der Waals surface area (Å²) in [6.07, 6.45) is 3.38. The fourth-order valence-electron chi connectivity index (χ4n) is 5.38. The van der Waals surface area contributed by atoms with Crippen LogP contribution in [0.2, 0.25) is 0 Å². The summed E-state index contributed by atoms with van der Waals surface area (Å²) >= 11 is 0. The van der Waals surface area contributed by atoms with Gasteiger partial charge in [-0.05, 0) is 49.0 Å². The third kappa shape index (κ3) is 5.49. The first-order valence-electron chi connectivity index (χ1n) is 13.9. The zero-order valence-electron chi connectivity index (χ0n) is 23.3. The van der Waals surface area contributed by atoms with Crippen molar-refractivity contribution in [2.24, 2.45) is 0 Å². The van der Waals surface area contributed by atoms with E-state index in [9.17, 15) is 10.1 Å². The van der Waals surface area contributed by atoms with Crippen molar-refractivity contribution in [3.05, 3.63) is 65.9 Å². The summed E-state index contributed by atoms with van der Waals surface area (Å²) in [5.41, 5.74) is 4.70. The molecule has 0 radical (unpaired) electrons. The number of amides is 1. The smallest absolute Gasteiger partial charge is 0.254 e. The van der Waals surface area contributed by atoms with Crippen molar-refractivity contribution in [1.82, 2.24) is 14.8 Å². The highest BCUT2D eigenvalue weighted by molar-refractivity contribution is 5.96. The van der Waals surface area contributed by atoms with Crippen LogP contribution in [-0.2, 0) is 4.74 Å². The number of ether oxygens (including phenoxy) is 3. The number of benzene rings is 2. The lowest BCUT2D eigenvalue weighted by atomic mass is 10.0. The number of nitriles is 1. The molecule has 2 saturated heterocycles. The molecule has 9 nitrogen and oxygen atoms in total. The molecule has 2 aliphatic heterocycles. The molecule has 2 fully saturated rings. The molecular formula is C32H32N4O5. The Morgan fingerprint density at radius 1 is 1.00 bits per heavy atom. The molecule has 2 aliphatic rings. The molecule has 0 bridgehead atoms. The summed E-state index contributed by atoms with van der Waals surface area (Å²) in [4.78, 5) is 21.7. The SMILES string of the molecule is COc1cc(C(=O)N2CCN(C)CC2)ccc1-c1cc2nccc(-c3ccc(OC4CCOCC4)c(C#N)c3)c2o1. The van der Waals surface area contributed by atoms with Crippen LogP contribution < -0.4 is 9.47 Å². The summed E-state index contributed by atoms with van der Waals surface area (Å²) in [5.74, 6) is 1.70. The fraction of sp³-hybridized carbons (Fsp3) is 0.344. The van der Waals surface area contributed by atoms with Crippen molar-refractivity contribution in [3.8, 4) is 40.0 Å². The number of methoxy groups -OCH3 is 1. The number of carbonyl (C=O) groups is 1. The average Bonchev–Trinajstić information content (AvgIpc) is 3.46. The van der Waals surface area contributed by atoms with Crippen LogP contribution in [0.1, 0.15) is 28.8 Å². The van der Waals surface area contributed by atoms with E-state index < -0.39 is 0 Å². The van der Waals surface area contributed by atoms with Crippen molar-refractivity contribution in [1.29, 1.82) is 5.26 Å². The Kier molecular flexibility index (Phi) is 7.59. The van der Waals surface area contributed by atoms with Crippen molar-refractivity contribution in [2.45, 2.75) is 18.9 Å². The minimum absolute atomic E-state index is 0.00551. The molecule has 210 valence electrons. The van der Waals surface area contributed by atoms with Crippen LogP contribution in [0.25, 0.3) is 33.6 Å². The summed E-state index contributed by atoms with van der Waals surface area (Å²) in [5, 5.41) is 9.87. The van der Waals surface area contributed by atoms with Crippen LogP contribution in [-0.4, -0.2) is 80.3 Å². The van der Waals surface area contributed by atoms with Crippen molar-refractivity contribution in [3.63, 3.8) is 0 Å². The van der Waals surface area contributed by atoms with Crippen molar-refractivity contribution >= 4 is 17.0 Å². The number of furan rings is 1. The van der Waals surface area contributed by atoms with Gasteiger partial charge in [0, 0.05) is 62.4 Å². The minimum Gasteiger partial charge on any atom is -0.496 e. The molecule has 6 rings (SSSR count). The van der Waals surface area contributed by atoms with Crippen LogP contribution >= 0.6 is 0 Å². The zero-order valence-corrected chi connectivity index (χ0v) is 23.3. The van der Waals surface area contributed by atoms with E-state index in [4.69, 9.17) is 18.6 Å². The summed E-state index contributed by atoms with van der Waals surface area (Å²) in [6, 6.07) is 17.1. The normalized spacial score (nSPS) is 16.5. The first kappa shape index (κ1) is 26.8. The Labute approximate surface area is 238 Å². The maximum Gasteiger partial charge on any atom is 0.254 e. The third-order valence-electron chi connectivity index (χ3n) is 7.79. The van der Waals surface area contributed by atoms with Gasteiger partial charge in [0.05, 0.1) is 31.5 Å². The highest BCUT2D eigenvalue weighted by atomic mass is 16.5. The molecule has 2 aromatic carbocycles. The third-order valence-corrected chi connectivity index (χ3v) is 7.79. The zero-order chi connectivity index (χ0) is 28.3. The Bertz CT molecular complexity index is 1610. The van der Waals surface area contributed by atoms with E-state index in [1.165, 1.54) is 0 Å². The van der Waals surface area contributed by atoms with Gasteiger partial charge in [-0.1, -0.05) is 6.07 Å². The van der Waals surface area contributed by atoms with Crippen molar-refractivity contribution in [2.75, 3.05) is 53.6 Å². The van der Waals surface area contributed by atoms with E-state index in [0.717, 1.165) is 42.6 Å². The molecule has 0 saturated carbocycles. The topological polar surface area (TPSA) is 101 Å². The first-order chi connectivity index (χ1) is 20.0. The second-order valence-electron chi connectivity index (χ2n) is 10.4. The van der Waals surface area contributed by atoms with Gasteiger partial charge in [-0.25, -0.2) is 0 Å². The van der Waals surface area contributed by atoms with Gasteiger partial charge in [-0.3, -0.25) is 9.78 Å². The van der Waals surface area contributed by atoms with Gasteiger partial charge in [-0.15, -0.1) is 0 Å². The van der Waals surface area contributed by atoms with Crippen LogP contribution in [0.15, 0.2) is 59.1 Å². The molecule has 2 aromatic heterocycles. The number of aromatic nitrogens is 1. The van der Waals surface area contributed by atoms with E-state index in [2.05, 4.69) is 23.0 Å². The Morgan fingerprint density at radius 2 is 1.80 bits per heavy atom. The van der Waals surface area contributed by atoms with E-state index in [-0.39, 0.29) is 12.0 Å². The van der Waals surface area contributed by atoms with E-state index in [0.29, 0.717) is 65.8 Å². The molecule has 41 heavy (non-hydrogen) atoms. The molecule has 0 atom stereocenters. The quantitative estimate of drug-likeness (QED) is 0.330. The van der Waals surface area contributed by atoms with Gasteiger partial charge >= 0.3 is 0 Å². The number of rotatable bonds is 6. The van der Waals surface area contributed by atoms with Crippen LogP contribution in [0.3, 0.4) is 0 Å². The molecule has 9 heteroatoms. The lowest BCUT2D eigenvalue weighted by molar-refractivity contribution is 0.0254. The molecule has 0 unspecified atom stereocenters. The highest BCUT2D eigenvalue weighted by Crippen LogP contribution is 2.38. The molecule has 4 heterocycles. The summed E-state index contributed by atoms with van der Waals surface area (Å²) < 4.78 is 23.6. The predicted octanol–water partition coefficient (Wildman–Crippen LogP) is 4.99. The number of fused-ring (bicyclic) bond motifs is 1. The number of carbonyl (C=O) groups excluding carboxylic acids is 1. The maximum atomic E-state index is 13.1. The van der Waals surface area contributed by atoms with Gasteiger partial charge in [0.15, 0.2) is 5.58 Å². The fourth-order valence-corrected chi connectivity index (χ4v) is 5.38. The Balaban J connectivity index is 1.30. The lowest BCUT2D eigenvalue weighted by Gasteiger charge is -2.32. The second-order valence-corrected chi connectivity index (χ2v) is 10.4. The van der Waals surface area contributed by atoms with Gasteiger partial charge < -0.3 is 28.4 Å². The highest BCUT2D eigenvalue weighted by Gasteiger charge is 2.23. The van der Waals surface area contributed by atoms with Gasteiger partial charge in [0.1, 0.15) is 34.9 Å². The number of hydrogen-bond donors (Lipinski definition) is 0. The lowest BCUT2D eigenvalue weighted by Crippen LogP contribution is -2.47. The molecule has 0 aliphatic carbocycles. The first-order valence-corrected chi connectivity index (χ1v) is 13.9. The summed E-state index contributed by atoms with van der Waals surface area (Å²) in [7, 11) is 3.65. The van der Waals surface area contributed by atoms with E-state index in [1.54, 1.807) is 19.4 Å². The monoisotopic (exact) mass is 552 g/mol. The number of nitrogens with zero attached hydrogens (tertiary/aromatic N) is 4. The van der Waals surface area contributed by atoms with Crippen LogP contribution in [0.5, 0.6) is 11.5 Å². The maximum absolute atomic E-state index is 13.1. The molecule has 0 N–H and O–H groups in total. The van der Waals surface area contributed by atoms with E-state index in [1.807, 2.05) is 47.4 Å². The van der Waals surface area contributed by atoms with Gasteiger partial charge in [0.25, 0.3) is 5.91 Å². The molecule has 0 spiro atoms. The number of piperazine rings is 1. The second kappa shape index (κ2) is 11.6. The standard InChI is InChI=1S/C32H32N4O5/c1-35-11-13-36(14-12-35)32(37)22-3-5-26(29(18-22)38-2)30-19-27-31(41-30)25(7-10-34-27)21-4-6-28(23(17-21)20-33)40-24-8-15-39-16-9-24/h3-7,10,17-19,24H,8-9,11-16H2,1-2H3. The molecule has 1 amide bonds. The van der Waals surface area contributed by atoms with Crippen LogP contribution in [0.4, 0.5) is 0 Å². The molecular weight excluding hydrogens is 520 g/mol. The predicted molar refractivity (Wildman–Crippen MR) is 154 cm³/mol. The van der Waals surface area contributed by atoms with Crippen LogP contribution in [0, 0.1) is 11.3 Å². The average molecular weight is 553 g/mol. The Morgan fingerprint density at radius 3 is 2.56 bits per heavy atom. The number of hydrogen-bond acceptors (Lipinski definition) is 8. The van der Waals surface area contributed by atoms with Crippen molar-refractivity contribution < 1.29 is 23.4 Å². The van der Waals surface area contributed by atoms with Gasteiger partial charge in [0.2, 0.25) is 0 Å². The largest absolute Gasteiger partial charge is 0.496 e. The minimum atomic E-state index is -0.00551. The summed E-state index contributed by atoms with van der Waals surface area (Å²) in [6.45, 7) is 4.45. The molecule has 4 aromatic rings. The van der Waals surface area contributed by atoms with E-state index >= 15 is 0 Å².